The van der Waals surface area contributed by atoms with Crippen LogP contribution in [0.5, 0.6) is 0 Å². The molecule has 4 nitrogen and oxygen atoms in total. The van der Waals surface area contributed by atoms with Gasteiger partial charge in [0.25, 0.3) is 0 Å². The van der Waals surface area contributed by atoms with E-state index in [0.29, 0.717) is 0 Å². The minimum atomic E-state index is -4.64. The molecule has 1 aromatic carbocycles. The Bertz CT molecular complexity index is 314. The molecule has 0 saturated carbocycles. The molecule has 0 saturated heterocycles. The molecule has 0 fully saturated rings. The third kappa shape index (κ3) is 6.80. The van der Waals surface area contributed by atoms with E-state index in [9.17, 15) is 0 Å². The Morgan fingerprint density at radius 2 is 1.29 bits per heavy atom. The van der Waals surface area contributed by atoms with Crippen LogP contribution in [0.4, 0.5) is 0 Å². The van der Waals surface area contributed by atoms with E-state index in [4.69, 9.17) is 19.2 Å². The second-order valence-electron chi connectivity index (χ2n) is 3.03. The molecule has 14 heavy (non-hydrogen) atoms. The SMILES string of the molecule is Cc1cccc(C)c1C.O=P(O)(O)O. The number of phosphoric acid groups is 1. The van der Waals surface area contributed by atoms with Gasteiger partial charge in [0.2, 0.25) is 0 Å². The molecule has 1 aromatic rings. The van der Waals surface area contributed by atoms with Crippen molar-refractivity contribution in [3.05, 3.63) is 34.9 Å². The summed E-state index contributed by atoms with van der Waals surface area (Å²) in [5.41, 5.74) is 4.18. The van der Waals surface area contributed by atoms with E-state index >= 15 is 0 Å². The quantitative estimate of drug-likeness (QED) is 0.579. The summed E-state index contributed by atoms with van der Waals surface area (Å²) in [7, 11) is -4.64. The Morgan fingerprint density at radius 3 is 1.50 bits per heavy atom. The minimum absolute atomic E-state index is 1.38. The lowest BCUT2D eigenvalue weighted by Crippen LogP contribution is -1.82. The molecular weight excluding hydrogens is 203 g/mol. The van der Waals surface area contributed by atoms with Gasteiger partial charge in [-0.2, -0.15) is 0 Å². The summed E-state index contributed by atoms with van der Waals surface area (Å²) in [6.45, 7) is 6.44. The van der Waals surface area contributed by atoms with Crippen molar-refractivity contribution in [3.63, 3.8) is 0 Å². The normalized spacial score (nSPS) is 10.4. The molecule has 5 heteroatoms. The van der Waals surface area contributed by atoms with E-state index in [1.54, 1.807) is 0 Å². The maximum atomic E-state index is 8.88. The van der Waals surface area contributed by atoms with Crippen molar-refractivity contribution in [3.8, 4) is 0 Å². The van der Waals surface area contributed by atoms with Crippen molar-refractivity contribution in [1.82, 2.24) is 0 Å². The molecular formula is C9H15O4P. The van der Waals surface area contributed by atoms with Crippen molar-refractivity contribution >= 4 is 7.82 Å². The van der Waals surface area contributed by atoms with Crippen LogP contribution in [0.3, 0.4) is 0 Å². The Morgan fingerprint density at radius 1 is 1.00 bits per heavy atom. The molecule has 0 amide bonds. The standard InChI is InChI=1S/C9H12.H3O4P/c1-7-5-4-6-8(2)9(7)3;1-5(2,3)4/h4-6H,1-3H3;(H3,1,2,3,4). The maximum absolute atomic E-state index is 8.88. The van der Waals surface area contributed by atoms with Crippen molar-refractivity contribution in [2.24, 2.45) is 0 Å². The number of aryl methyl sites for hydroxylation is 2. The Balaban J connectivity index is 0.000000292. The van der Waals surface area contributed by atoms with E-state index in [2.05, 4.69) is 39.0 Å². The van der Waals surface area contributed by atoms with Gasteiger partial charge in [-0.05, 0) is 37.5 Å². The first-order chi connectivity index (χ1) is 6.22. The van der Waals surface area contributed by atoms with Gasteiger partial charge in [0.15, 0.2) is 0 Å². The second-order valence-corrected chi connectivity index (χ2v) is 4.06. The van der Waals surface area contributed by atoms with Crippen LogP contribution >= 0.6 is 7.82 Å². The molecule has 0 atom stereocenters. The van der Waals surface area contributed by atoms with Crippen molar-refractivity contribution in [1.29, 1.82) is 0 Å². The fourth-order valence-electron chi connectivity index (χ4n) is 0.898. The average molecular weight is 218 g/mol. The van der Waals surface area contributed by atoms with Crippen molar-refractivity contribution in [2.75, 3.05) is 0 Å². The minimum Gasteiger partial charge on any atom is -0.303 e. The number of benzene rings is 1. The molecule has 0 aliphatic rings. The van der Waals surface area contributed by atoms with Gasteiger partial charge < -0.3 is 14.7 Å². The highest BCUT2D eigenvalue weighted by atomic mass is 31.2. The molecule has 0 aliphatic heterocycles. The Hall–Kier alpha value is -0.670. The number of hydrogen-bond donors (Lipinski definition) is 3. The zero-order valence-electron chi connectivity index (χ0n) is 8.43. The van der Waals surface area contributed by atoms with Gasteiger partial charge in [-0.1, -0.05) is 18.2 Å². The van der Waals surface area contributed by atoms with Gasteiger partial charge in [-0.3, -0.25) is 0 Å². The summed E-state index contributed by atoms with van der Waals surface area (Å²) in [6.07, 6.45) is 0. The summed E-state index contributed by atoms with van der Waals surface area (Å²) in [4.78, 5) is 21.6. The Kier molecular flexibility index (Phi) is 5.02. The van der Waals surface area contributed by atoms with Gasteiger partial charge in [0.1, 0.15) is 0 Å². The molecule has 0 heterocycles. The van der Waals surface area contributed by atoms with E-state index in [1.807, 2.05) is 0 Å². The highest BCUT2D eigenvalue weighted by Crippen LogP contribution is 2.25. The van der Waals surface area contributed by atoms with Crippen molar-refractivity contribution in [2.45, 2.75) is 20.8 Å². The maximum Gasteiger partial charge on any atom is 0.466 e. The van der Waals surface area contributed by atoms with Gasteiger partial charge >= 0.3 is 7.82 Å². The highest BCUT2D eigenvalue weighted by molar-refractivity contribution is 7.45. The summed E-state index contributed by atoms with van der Waals surface area (Å²) in [5, 5.41) is 0. The molecule has 0 spiro atoms. The van der Waals surface area contributed by atoms with E-state index in [-0.39, 0.29) is 0 Å². The van der Waals surface area contributed by atoms with Gasteiger partial charge in [-0.25, -0.2) is 4.57 Å². The summed E-state index contributed by atoms with van der Waals surface area (Å²) >= 11 is 0. The summed E-state index contributed by atoms with van der Waals surface area (Å²) in [6, 6.07) is 6.38. The molecule has 0 aliphatic carbocycles. The van der Waals surface area contributed by atoms with Gasteiger partial charge in [-0.15, -0.1) is 0 Å². The van der Waals surface area contributed by atoms with Crippen LogP contribution in [0.25, 0.3) is 0 Å². The van der Waals surface area contributed by atoms with Crippen LogP contribution in [0.1, 0.15) is 16.7 Å². The van der Waals surface area contributed by atoms with Crippen LogP contribution in [-0.4, -0.2) is 14.7 Å². The zero-order chi connectivity index (χ0) is 11.4. The second kappa shape index (κ2) is 5.27. The lowest BCUT2D eigenvalue weighted by atomic mass is 10.1. The smallest absolute Gasteiger partial charge is 0.303 e. The molecule has 3 N–H and O–H groups in total. The summed E-state index contributed by atoms with van der Waals surface area (Å²) in [5.74, 6) is 0. The third-order valence-electron chi connectivity index (χ3n) is 1.88. The molecule has 80 valence electrons. The molecule has 0 unspecified atom stereocenters. The van der Waals surface area contributed by atoms with Crippen LogP contribution in [0.2, 0.25) is 0 Å². The fourth-order valence-corrected chi connectivity index (χ4v) is 0.898. The van der Waals surface area contributed by atoms with Crippen molar-refractivity contribution < 1.29 is 19.2 Å². The number of hydrogen-bond acceptors (Lipinski definition) is 1. The predicted molar refractivity (Wildman–Crippen MR) is 54.9 cm³/mol. The van der Waals surface area contributed by atoms with Gasteiger partial charge in [0, 0.05) is 0 Å². The van der Waals surface area contributed by atoms with Gasteiger partial charge in [0.05, 0.1) is 0 Å². The summed E-state index contributed by atoms with van der Waals surface area (Å²) < 4.78 is 8.88. The Labute approximate surface area is 83.5 Å². The van der Waals surface area contributed by atoms with Crippen LogP contribution < -0.4 is 0 Å². The monoisotopic (exact) mass is 218 g/mol. The lowest BCUT2D eigenvalue weighted by Gasteiger charge is -2.00. The lowest BCUT2D eigenvalue weighted by molar-refractivity contribution is 0.275. The molecule has 0 radical (unpaired) electrons. The third-order valence-corrected chi connectivity index (χ3v) is 1.88. The topological polar surface area (TPSA) is 77.8 Å². The van der Waals surface area contributed by atoms with E-state index in [0.717, 1.165) is 0 Å². The van der Waals surface area contributed by atoms with Crippen LogP contribution in [0, 0.1) is 20.8 Å². The largest absolute Gasteiger partial charge is 0.466 e. The van der Waals surface area contributed by atoms with E-state index < -0.39 is 7.82 Å². The zero-order valence-corrected chi connectivity index (χ0v) is 9.32. The highest BCUT2D eigenvalue weighted by Gasteiger charge is 2.00. The molecule has 0 aromatic heterocycles. The first-order valence-corrected chi connectivity index (χ1v) is 5.59. The van der Waals surface area contributed by atoms with E-state index in [1.165, 1.54) is 16.7 Å². The molecule has 1 rings (SSSR count). The fraction of sp³-hybridized carbons (Fsp3) is 0.333. The molecule has 0 bridgehead atoms. The first kappa shape index (κ1) is 13.3. The predicted octanol–water partition coefficient (Wildman–Crippen LogP) is 1.68. The number of rotatable bonds is 0. The van der Waals surface area contributed by atoms with Crippen LogP contribution in [0.15, 0.2) is 18.2 Å². The first-order valence-electron chi connectivity index (χ1n) is 4.03. The van der Waals surface area contributed by atoms with Crippen LogP contribution in [-0.2, 0) is 4.57 Å². The average Bonchev–Trinajstić information content (AvgIpc) is 1.97.